The van der Waals surface area contributed by atoms with E-state index in [-0.39, 0.29) is 0 Å². The lowest BCUT2D eigenvalue weighted by Gasteiger charge is -2.26. The molecule has 1 atom stereocenters. The summed E-state index contributed by atoms with van der Waals surface area (Å²) in [5.74, 6) is 6.39. The van der Waals surface area contributed by atoms with Gasteiger partial charge in [-0.25, -0.2) is 0 Å². The van der Waals surface area contributed by atoms with Crippen LogP contribution in [0.2, 0.25) is 0 Å². The first-order valence-corrected chi connectivity index (χ1v) is 6.98. The highest BCUT2D eigenvalue weighted by molar-refractivity contribution is 5.27. The quantitative estimate of drug-likeness (QED) is 0.433. The zero-order chi connectivity index (χ0) is 14.1. The lowest BCUT2D eigenvalue weighted by molar-refractivity contribution is 0.0439. The Balaban J connectivity index is 2.52. The predicted octanol–water partition coefficient (Wildman–Crippen LogP) is 2.74. The van der Waals surface area contributed by atoms with Gasteiger partial charge in [0.1, 0.15) is 5.60 Å². The number of likely N-dealkylation sites (tertiary alicyclic amines) is 1. The van der Waals surface area contributed by atoms with Crippen LogP contribution in [-0.4, -0.2) is 36.7 Å². The summed E-state index contributed by atoms with van der Waals surface area (Å²) in [6.45, 7) is 11.3. The topological polar surface area (TPSA) is 36.3 Å². The summed E-state index contributed by atoms with van der Waals surface area (Å²) in [4.78, 5) is 2.38. The number of hydrogen-bond donors (Lipinski definition) is 0. The molecule has 104 valence electrons. The van der Waals surface area contributed by atoms with Crippen LogP contribution in [0.15, 0.2) is 12.2 Å². The maximum Gasteiger partial charge on any atom is 0.146 e. The van der Waals surface area contributed by atoms with Crippen molar-refractivity contribution in [3.05, 3.63) is 12.2 Å². The van der Waals surface area contributed by atoms with Gasteiger partial charge in [0.15, 0.2) is 0 Å². The van der Waals surface area contributed by atoms with E-state index in [2.05, 4.69) is 29.4 Å². The van der Waals surface area contributed by atoms with Crippen molar-refractivity contribution >= 4 is 0 Å². The fourth-order valence-electron chi connectivity index (χ4n) is 2.00. The molecule has 0 aromatic carbocycles. The molecule has 0 aliphatic carbocycles. The van der Waals surface area contributed by atoms with Gasteiger partial charge < -0.3 is 4.74 Å². The fourth-order valence-corrected chi connectivity index (χ4v) is 2.00. The normalized spacial score (nSPS) is 18.8. The van der Waals surface area contributed by atoms with Crippen LogP contribution in [0.25, 0.3) is 0 Å². The Bertz CT molecular complexity index is 393. The lowest BCUT2D eigenvalue weighted by atomic mass is 9.99. The molecule has 0 saturated carbocycles. The van der Waals surface area contributed by atoms with Gasteiger partial charge in [0.05, 0.1) is 25.6 Å². The summed E-state index contributed by atoms with van der Waals surface area (Å²) in [5, 5.41) is 8.55. The highest BCUT2D eigenvalue weighted by Gasteiger charge is 2.23. The van der Waals surface area contributed by atoms with Gasteiger partial charge in [-0.1, -0.05) is 24.8 Å². The predicted molar refractivity (Wildman–Crippen MR) is 77.5 cm³/mol. The van der Waals surface area contributed by atoms with Crippen LogP contribution in [0.3, 0.4) is 0 Å². The van der Waals surface area contributed by atoms with Crippen LogP contribution in [0.4, 0.5) is 0 Å². The van der Waals surface area contributed by atoms with E-state index in [0.29, 0.717) is 13.0 Å². The first-order valence-electron chi connectivity index (χ1n) is 6.98. The average molecular weight is 260 g/mol. The summed E-state index contributed by atoms with van der Waals surface area (Å²) in [6, 6.07) is 2.08. The van der Waals surface area contributed by atoms with Crippen LogP contribution in [-0.2, 0) is 4.74 Å². The van der Waals surface area contributed by atoms with Gasteiger partial charge in [0.25, 0.3) is 0 Å². The summed E-state index contributed by atoms with van der Waals surface area (Å²) in [7, 11) is 0. The molecule has 0 radical (unpaired) electrons. The molecule has 0 N–H and O–H groups in total. The minimum atomic E-state index is -0.632. The highest BCUT2D eigenvalue weighted by Crippen LogP contribution is 2.19. The zero-order valence-corrected chi connectivity index (χ0v) is 12.2. The highest BCUT2D eigenvalue weighted by atomic mass is 16.5. The Morgan fingerprint density at radius 1 is 1.37 bits per heavy atom. The largest absolute Gasteiger partial charge is 0.358 e. The number of nitriles is 1. The van der Waals surface area contributed by atoms with E-state index < -0.39 is 5.60 Å². The first kappa shape index (κ1) is 15.8. The van der Waals surface area contributed by atoms with Gasteiger partial charge in [-0.15, -0.1) is 0 Å². The molecule has 3 nitrogen and oxygen atoms in total. The Hall–Kier alpha value is -1.29. The molecule has 0 amide bonds. The first-order chi connectivity index (χ1) is 9.08. The molecule has 19 heavy (non-hydrogen) atoms. The van der Waals surface area contributed by atoms with Crippen LogP contribution < -0.4 is 0 Å². The average Bonchev–Trinajstić information content (AvgIpc) is 2.40. The third-order valence-corrected chi connectivity index (χ3v) is 3.50. The Kier molecular flexibility index (Phi) is 6.64. The van der Waals surface area contributed by atoms with Crippen molar-refractivity contribution in [2.75, 3.05) is 26.2 Å². The second-order valence-electron chi connectivity index (χ2n) is 5.21. The second-order valence-corrected chi connectivity index (χ2v) is 5.21. The van der Waals surface area contributed by atoms with Gasteiger partial charge in [-0.2, -0.15) is 5.26 Å². The van der Waals surface area contributed by atoms with Gasteiger partial charge in [0, 0.05) is 0 Å². The molecule has 1 heterocycles. The minimum absolute atomic E-state index is 0.386. The molecule has 0 bridgehead atoms. The minimum Gasteiger partial charge on any atom is -0.358 e. The van der Waals surface area contributed by atoms with Crippen molar-refractivity contribution in [3.63, 3.8) is 0 Å². The van der Waals surface area contributed by atoms with Crippen LogP contribution in [0, 0.1) is 23.2 Å². The van der Waals surface area contributed by atoms with E-state index in [0.717, 1.165) is 25.2 Å². The number of ether oxygens (including phenoxy) is 1. The third kappa shape index (κ3) is 5.47. The zero-order valence-electron chi connectivity index (χ0n) is 12.2. The lowest BCUT2D eigenvalue weighted by Crippen LogP contribution is -2.31. The summed E-state index contributed by atoms with van der Waals surface area (Å²) in [6.07, 6.45) is 4.28. The number of rotatable bonds is 5. The molecular formula is C16H24N2O. The standard InChI is InChI=1S/C16H24N2O/c1-15(2)16(3,19-14-8-10-17)9-7-13-18-11-5-4-6-12-18/h1,4-6,8,11-14H2,2-3H3. The Morgan fingerprint density at radius 2 is 2.05 bits per heavy atom. The Morgan fingerprint density at radius 3 is 2.63 bits per heavy atom. The molecular weight excluding hydrogens is 236 g/mol. The molecule has 0 spiro atoms. The molecule has 1 aliphatic heterocycles. The molecule has 1 fully saturated rings. The van der Waals surface area contributed by atoms with Crippen molar-refractivity contribution in [2.24, 2.45) is 0 Å². The summed E-state index contributed by atoms with van der Waals surface area (Å²) in [5.41, 5.74) is 0.253. The second kappa shape index (κ2) is 8.00. The van der Waals surface area contributed by atoms with Gasteiger partial charge in [-0.3, -0.25) is 4.90 Å². The van der Waals surface area contributed by atoms with Gasteiger partial charge >= 0.3 is 0 Å². The molecule has 1 saturated heterocycles. The van der Waals surface area contributed by atoms with Crippen molar-refractivity contribution < 1.29 is 4.74 Å². The van der Waals surface area contributed by atoms with E-state index >= 15 is 0 Å². The van der Waals surface area contributed by atoms with Crippen LogP contribution >= 0.6 is 0 Å². The number of piperidine rings is 1. The van der Waals surface area contributed by atoms with Crippen molar-refractivity contribution in [1.82, 2.24) is 4.90 Å². The smallest absolute Gasteiger partial charge is 0.146 e. The molecule has 1 aliphatic rings. The van der Waals surface area contributed by atoms with Gasteiger partial charge in [0.2, 0.25) is 0 Å². The maximum atomic E-state index is 8.55. The van der Waals surface area contributed by atoms with Gasteiger partial charge in [-0.05, 0) is 45.4 Å². The SMILES string of the molecule is C=C(C)C(C)(C#CCN1CCCCC1)OCCC#N. The van der Waals surface area contributed by atoms with Crippen LogP contribution in [0.5, 0.6) is 0 Å². The molecule has 1 rings (SSSR count). The fraction of sp³-hybridized carbons (Fsp3) is 0.688. The summed E-state index contributed by atoms with van der Waals surface area (Å²) >= 11 is 0. The maximum absolute atomic E-state index is 8.55. The number of hydrogen-bond acceptors (Lipinski definition) is 3. The van der Waals surface area contributed by atoms with Crippen molar-refractivity contribution in [2.45, 2.75) is 45.1 Å². The van der Waals surface area contributed by atoms with Crippen molar-refractivity contribution in [1.29, 1.82) is 5.26 Å². The van der Waals surface area contributed by atoms with E-state index in [4.69, 9.17) is 10.00 Å². The molecule has 3 heteroatoms. The third-order valence-electron chi connectivity index (χ3n) is 3.50. The molecule has 1 unspecified atom stereocenters. The molecule has 0 aromatic rings. The molecule has 0 aromatic heterocycles. The summed E-state index contributed by atoms with van der Waals surface area (Å²) < 4.78 is 5.71. The Labute approximate surface area is 117 Å². The van der Waals surface area contributed by atoms with E-state index in [1.165, 1.54) is 19.3 Å². The van der Waals surface area contributed by atoms with E-state index in [1.807, 2.05) is 13.8 Å². The van der Waals surface area contributed by atoms with Crippen molar-refractivity contribution in [3.8, 4) is 17.9 Å². The van der Waals surface area contributed by atoms with Crippen LogP contribution in [0.1, 0.15) is 39.5 Å². The van der Waals surface area contributed by atoms with E-state index in [9.17, 15) is 0 Å². The monoisotopic (exact) mass is 260 g/mol. The van der Waals surface area contributed by atoms with E-state index in [1.54, 1.807) is 0 Å². The number of nitrogens with zero attached hydrogens (tertiary/aromatic N) is 2.